The lowest BCUT2D eigenvalue weighted by Crippen LogP contribution is -2.40. The first kappa shape index (κ1) is 19.2. The first-order valence-corrected chi connectivity index (χ1v) is 9.25. The molecule has 0 spiro atoms. The van der Waals surface area contributed by atoms with Gasteiger partial charge in [0, 0.05) is 35.9 Å². The Hall–Kier alpha value is -2.61. The summed E-state index contributed by atoms with van der Waals surface area (Å²) in [5, 5.41) is 4.53. The summed E-state index contributed by atoms with van der Waals surface area (Å²) in [6, 6.07) is 3.85. The lowest BCUT2D eigenvalue weighted by molar-refractivity contribution is 0.0959. The number of aromatic nitrogens is 2. The van der Waals surface area contributed by atoms with E-state index >= 15 is 0 Å². The number of rotatable bonds is 6. The van der Waals surface area contributed by atoms with Crippen molar-refractivity contribution in [3.63, 3.8) is 0 Å². The highest BCUT2D eigenvalue weighted by Gasteiger charge is 2.22. The summed E-state index contributed by atoms with van der Waals surface area (Å²) in [5.41, 5.74) is 1.65. The minimum Gasteiger partial charge on any atom is -0.444 e. The molecule has 27 heavy (non-hydrogen) atoms. The second-order valence-electron chi connectivity index (χ2n) is 6.89. The Balaban J connectivity index is 1.57. The molecule has 8 heteroatoms. The van der Waals surface area contributed by atoms with Crippen LogP contribution in [0.15, 0.2) is 47.1 Å². The molecule has 2 heterocycles. The van der Waals surface area contributed by atoms with E-state index in [-0.39, 0.29) is 11.6 Å². The predicted molar refractivity (Wildman–Crippen MR) is 105 cm³/mol. The van der Waals surface area contributed by atoms with Crippen LogP contribution < -0.4 is 11.2 Å². The average Bonchev–Trinajstić information content (AvgIpc) is 3.19. The standard InChI is InChI=1S/C19H25BN5O2/c1-13(11-25(21)16-5-3-15(20-2)4-6-16)23-18(26)17-12-27-19(24-17)14-7-9-22-10-8-14/h7-12,15-16H,3-6,21H2,1-2H3,(H,23,26)/b13-11+. The molecule has 3 N–H and O–H groups in total. The fourth-order valence-corrected chi connectivity index (χ4v) is 3.34. The van der Waals surface area contributed by atoms with Gasteiger partial charge in [-0.25, -0.2) is 10.8 Å². The second-order valence-corrected chi connectivity index (χ2v) is 6.89. The molecule has 1 radical (unpaired) electrons. The number of hydrogen-bond donors (Lipinski definition) is 2. The topological polar surface area (TPSA) is 97.3 Å². The van der Waals surface area contributed by atoms with Gasteiger partial charge in [0.1, 0.15) is 13.5 Å². The van der Waals surface area contributed by atoms with E-state index in [0.29, 0.717) is 23.4 Å². The predicted octanol–water partition coefficient (Wildman–Crippen LogP) is 2.99. The van der Waals surface area contributed by atoms with Crippen LogP contribution in [0.2, 0.25) is 12.6 Å². The van der Waals surface area contributed by atoms with E-state index in [1.54, 1.807) is 35.7 Å². The second kappa shape index (κ2) is 8.86. The molecule has 2 aromatic heterocycles. The van der Waals surface area contributed by atoms with Gasteiger partial charge < -0.3 is 14.7 Å². The van der Waals surface area contributed by atoms with Crippen molar-refractivity contribution >= 4 is 13.2 Å². The largest absolute Gasteiger partial charge is 0.444 e. The maximum absolute atomic E-state index is 12.4. The van der Waals surface area contributed by atoms with E-state index in [4.69, 9.17) is 10.3 Å². The van der Waals surface area contributed by atoms with E-state index in [2.05, 4.69) is 29.4 Å². The Labute approximate surface area is 160 Å². The Morgan fingerprint density at radius 3 is 2.70 bits per heavy atom. The van der Waals surface area contributed by atoms with E-state index in [9.17, 15) is 4.79 Å². The van der Waals surface area contributed by atoms with Crippen molar-refractivity contribution in [3.8, 4) is 11.5 Å². The molecule has 1 fully saturated rings. The van der Waals surface area contributed by atoms with Crippen molar-refractivity contribution in [3.05, 3.63) is 48.4 Å². The molecule has 0 atom stereocenters. The Kier molecular flexibility index (Phi) is 6.29. The van der Waals surface area contributed by atoms with Crippen molar-refractivity contribution in [2.45, 2.75) is 51.3 Å². The smallest absolute Gasteiger partial charge is 0.277 e. The number of nitrogens with two attached hydrogens (primary N) is 1. The van der Waals surface area contributed by atoms with E-state index < -0.39 is 0 Å². The molecule has 0 bridgehead atoms. The van der Waals surface area contributed by atoms with Gasteiger partial charge in [-0.1, -0.05) is 25.5 Å². The van der Waals surface area contributed by atoms with Crippen molar-refractivity contribution in [1.29, 1.82) is 0 Å². The van der Waals surface area contributed by atoms with Crippen molar-refractivity contribution in [2.75, 3.05) is 0 Å². The van der Waals surface area contributed by atoms with Crippen LogP contribution in [-0.2, 0) is 0 Å². The fraction of sp³-hybridized carbons (Fsp3) is 0.421. The average molecular weight is 366 g/mol. The molecule has 0 aliphatic heterocycles. The van der Waals surface area contributed by atoms with Gasteiger partial charge in [0.2, 0.25) is 5.89 Å². The van der Waals surface area contributed by atoms with E-state index in [1.165, 1.54) is 6.26 Å². The van der Waals surface area contributed by atoms with Crippen molar-refractivity contribution < 1.29 is 9.21 Å². The SMILES string of the molecule is C[B]C1CCC(N(N)/C=C(\C)NC(=O)c2coc(-c3ccncc3)n2)CC1. The first-order valence-electron chi connectivity index (χ1n) is 9.25. The first-order chi connectivity index (χ1) is 13.1. The molecule has 0 unspecified atom stereocenters. The van der Waals surface area contributed by atoms with Crippen molar-refractivity contribution in [2.24, 2.45) is 5.84 Å². The third kappa shape index (κ3) is 4.98. The molecule has 141 valence electrons. The number of pyridine rings is 1. The van der Waals surface area contributed by atoms with Gasteiger partial charge in [0.15, 0.2) is 5.69 Å². The third-order valence-electron chi connectivity index (χ3n) is 4.95. The molecule has 1 saturated carbocycles. The number of hydrazine groups is 1. The van der Waals surface area contributed by atoms with Crippen LogP contribution >= 0.6 is 0 Å². The zero-order valence-electron chi connectivity index (χ0n) is 15.8. The van der Waals surface area contributed by atoms with E-state index in [0.717, 1.165) is 31.2 Å². The maximum Gasteiger partial charge on any atom is 0.277 e. The summed E-state index contributed by atoms with van der Waals surface area (Å²) in [4.78, 5) is 20.6. The number of allylic oxidation sites excluding steroid dienone is 1. The number of amides is 1. The molecule has 7 nitrogen and oxygen atoms in total. The van der Waals surface area contributed by atoms with E-state index in [1.807, 2.05) is 6.92 Å². The number of hydrogen-bond acceptors (Lipinski definition) is 6. The molecule has 0 saturated heterocycles. The number of carbonyl (C=O) groups is 1. The zero-order valence-corrected chi connectivity index (χ0v) is 15.8. The van der Waals surface area contributed by atoms with Crippen LogP contribution in [-0.4, -0.2) is 34.2 Å². The highest BCUT2D eigenvalue weighted by molar-refractivity contribution is 6.35. The Morgan fingerprint density at radius 2 is 2.04 bits per heavy atom. The summed E-state index contributed by atoms with van der Waals surface area (Å²) < 4.78 is 5.39. The summed E-state index contributed by atoms with van der Waals surface area (Å²) in [6.45, 7) is 3.93. The molecular formula is C19H25BN5O2. The van der Waals surface area contributed by atoms with Gasteiger partial charge in [-0.15, -0.1) is 0 Å². The highest BCUT2D eigenvalue weighted by Crippen LogP contribution is 2.30. The monoisotopic (exact) mass is 366 g/mol. The van der Waals surface area contributed by atoms with Gasteiger partial charge in [0.05, 0.1) is 0 Å². The molecule has 2 aromatic rings. The van der Waals surface area contributed by atoms with Crippen LogP contribution in [0, 0.1) is 0 Å². The highest BCUT2D eigenvalue weighted by atomic mass is 16.3. The number of nitrogens with one attached hydrogen (secondary N) is 1. The molecule has 1 aliphatic rings. The number of carbonyl (C=O) groups excluding carboxylic acids is 1. The lowest BCUT2D eigenvalue weighted by atomic mass is 9.60. The molecular weight excluding hydrogens is 341 g/mol. The van der Waals surface area contributed by atoms with Gasteiger partial charge in [-0.2, -0.15) is 0 Å². The quantitative estimate of drug-likeness (QED) is 0.463. The normalized spacial score (nSPS) is 20.2. The number of nitrogens with zero attached hydrogens (tertiary/aromatic N) is 3. The third-order valence-corrected chi connectivity index (χ3v) is 4.95. The van der Waals surface area contributed by atoms with Gasteiger partial charge >= 0.3 is 0 Å². The minimum absolute atomic E-state index is 0.220. The van der Waals surface area contributed by atoms with Crippen LogP contribution in [0.25, 0.3) is 11.5 Å². The van der Waals surface area contributed by atoms with Crippen molar-refractivity contribution in [1.82, 2.24) is 20.3 Å². The fourth-order valence-electron chi connectivity index (χ4n) is 3.34. The molecule has 0 aromatic carbocycles. The van der Waals surface area contributed by atoms with Crippen LogP contribution in [0.4, 0.5) is 0 Å². The van der Waals surface area contributed by atoms with Gasteiger partial charge in [-0.3, -0.25) is 9.78 Å². The summed E-state index contributed by atoms with van der Waals surface area (Å²) in [5.74, 6) is 6.94. The van der Waals surface area contributed by atoms with Crippen LogP contribution in [0.5, 0.6) is 0 Å². The molecule has 1 aliphatic carbocycles. The summed E-state index contributed by atoms with van der Waals surface area (Å²) in [7, 11) is 2.27. The number of oxazole rings is 1. The van der Waals surface area contributed by atoms with Gasteiger partial charge in [0.25, 0.3) is 5.91 Å². The Morgan fingerprint density at radius 1 is 1.33 bits per heavy atom. The summed E-state index contributed by atoms with van der Waals surface area (Å²) >= 11 is 0. The zero-order chi connectivity index (χ0) is 19.2. The molecule has 3 rings (SSSR count). The van der Waals surface area contributed by atoms with Gasteiger partial charge in [-0.05, 0) is 31.9 Å². The Bertz CT molecular complexity index is 784. The van der Waals surface area contributed by atoms with Crippen LogP contribution in [0.3, 0.4) is 0 Å². The van der Waals surface area contributed by atoms with Crippen LogP contribution in [0.1, 0.15) is 43.1 Å². The lowest BCUT2D eigenvalue weighted by Gasteiger charge is -2.33. The maximum atomic E-state index is 12.4. The summed E-state index contributed by atoms with van der Waals surface area (Å²) in [6.07, 6.45) is 10.9. The minimum atomic E-state index is -0.328. The molecule has 1 amide bonds.